The minimum absolute atomic E-state index is 0.169. The zero-order valence-electron chi connectivity index (χ0n) is 20.1. The summed E-state index contributed by atoms with van der Waals surface area (Å²) in [4.78, 5) is 19.8. The monoisotopic (exact) mass is 523 g/mol. The normalized spacial score (nSPS) is 18.2. The molecular formula is C27H26ClN3O6. The number of carbonyl (C=O) groups excluding carboxylic acids is 1. The fraction of sp³-hybridized carbons (Fsp3) is 0.333. The van der Waals surface area contributed by atoms with E-state index >= 15 is 0 Å². The molecule has 6 rings (SSSR count). The standard InChI is InChI=1S/C27H26ClN3O6/c28-20-12-17(15-35-24-6-1-2-10-33-24)14-29-26(20)31-9-11-34-25-19(4-3-5-21(25)31)27(32)30-18-7-8-22-23(13-18)37-16-36-22/h3-5,7-8,12-14,24H,1-2,6,9-11,15-16H2,(H,30,32). The van der Waals surface area contributed by atoms with Crippen LogP contribution in [0.5, 0.6) is 17.2 Å². The van der Waals surface area contributed by atoms with Gasteiger partial charge >= 0.3 is 0 Å². The molecular weight excluding hydrogens is 498 g/mol. The fourth-order valence-corrected chi connectivity index (χ4v) is 4.89. The lowest BCUT2D eigenvalue weighted by Gasteiger charge is -2.32. The van der Waals surface area contributed by atoms with Crippen LogP contribution in [0, 0.1) is 0 Å². The van der Waals surface area contributed by atoms with Crippen molar-refractivity contribution in [2.24, 2.45) is 0 Å². The minimum Gasteiger partial charge on any atom is -0.489 e. The number of hydrogen-bond acceptors (Lipinski definition) is 8. The molecule has 0 saturated carbocycles. The SMILES string of the molecule is O=C(Nc1ccc2c(c1)OCO2)c1cccc2c1OCCN2c1ncc(COC2CCCCO2)cc1Cl. The lowest BCUT2D eigenvalue weighted by Crippen LogP contribution is -2.31. The van der Waals surface area contributed by atoms with Gasteiger partial charge in [0.1, 0.15) is 6.61 Å². The second-order valence-corrected chi connectivity index (χ2v) is 9.34. The highest BCUT2D eigenvalue weighted by molar-refractivity contribution is 6.33. The predicted octanol–water partition coefficient (Wildman–Crippen LogP) is 5.29. The van der Waals surface area contributed by atoms with Gasteiger partial charge in [-0.2, -0.15) is 0 Å². The van der Waals surface area contributed by atoms with Crippen LogP contribution in [0.15, 0.2) is 48.7 Å². The second-order valence-electron chi connectivity index (χ2n) is 8.93. The van der Waals surface area contributed by atoms with E-state index in [0.29, 0.717) is 59.1 Å². The van der Waals surface area contributed by atoms with Gasteiger partial charge in [-0.05, 0) is 55.2 Å². The molecule has 37 heavy (non-hydrogen) atoms. The second kappa shape index (κ2) is 10.5. The first kappa shape index (κ1) is 23.8. The molecule has 1 N–H and O–H groups in total. The number of benzene rings is 2. The summed E-state index contributed by atoms with van der Waals surface area (Å²) in [5.74, 6) is 2.02. The summed E-state index contributed by atoms with van der Waals surface area (Å²) < 4.78 is 28.2. The van der Waals surface area contributed by atoms with Crippen molar-refractivity contribution < 1.29 is 28.5 Å². The van der Waals surface area contributed by atoms with Gasteiger partial charge in [0.2, 0.25) is 6.79 Å². The summed E-state index contributed by atoms with van der Waals surface area (Å²) in [5, 5.41) is 3.41. The van der Waals surface area contributed by atoms with Crippen LogP contribution in [0.2, 0.25) is 5.02 Å². The van der Waals surface area contributed by atoms with Crippen molar-refractivity contribution in [2.45, 2.75) is 32.2 Å². The number of halogens is 1. The number of carbonyl (C=O) groups is 1. The third-order valence-corrected chi connectivity index (χ3v) is 6.71. The Hall–Kier alpha value is -3.53. The van der Waals surface area contributed by atoms with Crippen LogP contribution in [0.3, 0.4) is 0 Å². The van der Waals surface area contributed by atoms with E-state index in [0.717, 1.165) is 37.1 Å². The Bertz CT molecular complexity index is 1310. The highest BCUT2D eigenvalue weighted by Crippen LogP contribution is 2.41. The number of aromatic nitrogens is 1. The lowest BCUT2D eigenvalue weighted by atomic mass is 10.1. The minimum atomic E-state index is -0.297. The highest BCUT2D eigenvalue weighted by atomic mass is 35.5. The van der Waals surface area contributed by atoms with E-state index in [9.17, 15) is 4.79 Å². The van der Waals surface area contributed by atoms with Crippen molar-refractivity contribution in [3.05, 3.63) is 64.8 Å². The summed E-state index contributed by atoms with van der Waals surface area (Å²) >= 11 is 6.67. The summed E-state index contributed by atoms with van der Waals surface area (Å²) in [6.07, 6.45) is 4.66. The highest BCUT2D eigenvalue weighted by Gasteiger charge is 2.27. The maximum atomic E-state index is 13.2. The average molecular weight is 524 g/mol. The first-order valence-corrected chi connectivity index (χ1v) is 12.7. The molecule has 0 spiro atoms. The topological polar surface area (TPSA) is 91.4 Å². The molecule has 10 heteroatoms. The van der Waals surface area contributed by atoms with Gasteiger partial charge in [0.25, 0.3) is 5.91 Å². The summed E-state index contributed by atoms with van der Waals surface area (Å²) in [7, 11) is 0. The molecule has 0 aliphatic carbocycles. The van der Waals surface area contributed by atoms with Gasteiger partial charge in [0, 0.05) is 24.6 Å². The number of ether oxygens (including phenoxy) is 5. The van der Waals surface area contributed by atoms with Crippen molar-refractivity contribution in [3.63, 3.8) is 0 Å². The van der Waals surface area contributed by atoms with Gasteiger partial charge < -0.3 is 33.9 Å². The van der Waals surface area contributed by atoms with Crippen molar-refractivity contribution in [3.8, 4) is 17.2 Å². The third-order valence-electron chi connectivity index (χ3n) is 6.43. The van der Waals surface area contributed by atoms with Crippen LogP contribution in [-0.2, 0) is 16.1 Å². The van der Waals surface area contributed by atoms with Gasteiger partial charge in [-0.1, -0.05) is 17.7 Å². The number of pyridine rings is 1. The molecule has 2 aromatic carbocycles. The van der Waals surface area contributed by atoms with Crippen LogP contribution >= 0.6 is 11.6 Å². The lowest BCUT2D eigenvalue weighted by molar-refractivity contribution is -0.168. The molecule has 1 saturated heterocycles. The molecule has 0 bridgehead atoms. The number of fused-ring (bicyclic) bond motifs is 2. The quantitative estimate of drug-likeness (QED) is 0.466. The fourth-order valence-electron chi connectivity index (χ4n) is 4.60. The van der Waals surface area contributed by atoms with Crippen molar-refractivity contribution in [1.29, 1.82) is 0 Å². The molecule has 1 unspecified atom stereocenters. The van der Waals surface area contributed by atoms with E-state index in [1.807, 2.05) is 23.1 Å². The van der Waals surface area contributed by atoms with Crippen LogP contribution in [0.1, 0.15) is 35.2 Å². The molecule has 1 amide bonds. The zero-order valence-corrected chi connectivity index (χ0v) is 20.8. The molecule has 3 aliphatic rings. The van der Waals surface area contributed by atoms with Crippen molar-refractivity contribution in [1.82, 2.24) is 4.98 Å². The number of para-hydroxylation sites is 1. The molecule has 192 valence electrons. The Balaban J connectivity index is 1.20. The number of amides is 1. The molecule has 1 atom stereocenters. The summed E-state index contributed by atoms with van der Waals surface area (Å²) in [6.45, 7) is 2.20. The van der Waals surface area contributed by atoms with Crippen molar-refractivity contribution >= 4 is 34.7 Å². The van der Waals surface area contributed by atoms with Crippen LogP contribution in [-0.4, -0.2) is 43.7 Å². The molecule has 3 aromatic rings. The van der Waals surface area contributed by atoms with E-state index in [4.69, 9.17) is 35.3 Å². The summed E-state index contributed by atoms with van der Waals surface area (Å²) in [5.41, 5.74) is 2.60. The number of nitrogens with one attached hydrogen (secondary N) is 1. The van der Waals surface area contributed by atoms with E-state index in [1.165, 1.54) is 0 Å². The number of nitrogens with zero attached hydrogens (tertiary/aromatic N) is 2. The van der Waals surface area contributed by atoms with Gasteiger partial charge in [-0.15, -0.1) is 0 Å². The molecule has 1 aromatic heterocycles. The van der Waals surface area contributed by atoms with Crippen molar-refractivity contribution in [2.75, 3.05) is 36.8 Å². The Labute approximate surface area is 219 Å². The number of rotatable bonds is 6. The predicted molar refractivity (Wildman–Crippen MR) is 137 cm³/mol. The molecule has 9 nitrogen and oxygen atoms in total. The molecule has 1 fully saturated rings. The first-order chi connectivity index (χ1) is 18.2. The first-order valence-electron chi connectivity index (χ1n) is 12.3. The van der Waals surface area contributed by atoms with Gasteiger partial charge in [0.05, 0.1) is 29.4 Å². The third kappa shape index (κ3) is 5.02. The Kier molecular flexibility index (Phi) is 6.73. The maximum Gasteiger partial charge on any atom is 0.259 e. The average Bonchev–Trinajstić information content (AvgIpc) is 3.40. The Morgan fingerprint density at radius 1 is 1.11 bits per heavy atom. The van der Waals surface area contributed by atoms with E-state index < -0.39 is 0 Å². The molecule has 4 heterocycles. The summed E-state index contributed by atoms with van der Waals surface area (Å²) in [6, 6.07) is 12.6. The van der Waals surface area contributed by atoms with Crippen LogP contribution in [0.25, 0.3) is 0 Å². The molecule has 0 radical (unpaired) electrons. The van der Waals surface area contributed by atoms with E-state index in [2.05, 4.69) is 10.3 Å². The Morgan fingerprint density at radius 2 is 2.03 bits per heavy atom. The van der Waals surface area contributed by atoms with Crippen LogP contribution < -0.4 is 24.4 Å². The van der Waals surface area contributed by atoms with Gasteiger partial charge in [-0.25, -0.2) is 4.98 Å². The number of hydrogen-bond donors (Lipinski definition) is 1. The van der Waals surface area contributed by atoms with Gasteiger partial charge in [-0.3, -0.25) is 4.79 Å². The maximum absolute atomic E-state index is 13.2. The zero-order chi connectivity index (χ0) is 25.2. The number of anilines is 3. The van der Waals surface area contributed by atoms with Gasteiger partial charge in [0.15, 0.2) is 29.4 Å². The smallest absolute Gasteiger partial charge is 0.259 e. The van der Waals surface area contributed by atoms with E-state index in [1.54, 1.807) is 30.5 Å². The van der Waals surface area contributed by atoms with E-state index in [-0.39, 0.29) is 19.0 Å². The largest absolute Gasteiger partial charge is 0.489 e. The Morgan fingerprint density at radius 3 is 2.89 bits per heavy atom. The van der Waals surface area contributed by atoms with Crippen LogP contribution in [0.4, 0.5) is 17.2 Å². The molecule has 3 aliphatic heterocycles.